The molecule has 3 heterocycles. The molecule has 7 nitrogen and oxygen atoms in total. The van der Waals surface area contributed by atoms with E-state index < -0.39 is 0 Å². The van der Waals surface area contributed by atoms with Crippen molar-refractivity contribution in [2.24, 2.45) is 0 Å². The van der Waals surface area contributed by atoms with Gasteiger partial charge in [0.05, 0.1) is 24.7 Å². The van der Waals surface area contributed by atoms with Crippen LogP contribution in [0.3, 0.4) is 0 Å². The number of ether oxygens (including phenoxy) is 1. The average Bonchev–Trinajstić information content (AvgIpc) is 3.36. The van der Waals surface area contributed by atoms with E-state index >= 15 is 0 Å². The molecular formula is C17H24N4O3S. The summed E-state index contributed by atoms with van der Waals surface area (Å²) in [6, 6.07) is 3.69. The lowest BCUT2D eigenvalue weighted by Crippen LogP contribution is -2.26. The normalized spacial score (nSPS) is 17.1. The van der Waals surface area contributed by atoms with E-state index in [9.17, 15) is 4.79 Å². The highest BCUT2D eigenvalue weighted by molar-refractivity contribution is 7.99. The summed E-state index contributed by atoms with van der Waals surface area (Å²) in [5.74, 6) is 1.69. The number of nitrogens with zero attached hydrogens (tertiary/aromatic N) is 3. The van der Waals surface area contributed by atoms with Gasteiger partial charge in [0.25, 0.3) is 0 Å². The lowest BCUT2D eigenvalue weighted by atomic mass is 10.2. The summed E-state index contributed by atoms with van der Waals surface area (Å²) in [4.78, 5) is 11.9. The first kappa shape index (κ1) is 18.0. The van der Waals surface area contributed by atoms with E-state index in [0.717, 1.165) is 38.8 Å². The van der Waals surface area contributed by atoms with Gasteiger partial charge in [0.2, 0.25) is 11.7 Å². The van der Waals surface area contributed by atoms with Gasteiger partial charge in [-0.05, 0) is 31.4 Å². The molecule has 3 rings (SSSR count). The third kappa shape index (κ3) is 4.85. The van der Waals surface area contributed by atoms with Gasteiger partial charge < -0.3 is 14.5 Å². The molecule has 1 aliphatic rings. The zero-order chi connectivity index (χ0) is 17.5. The second-order valence-electron chi connectivity index (χ2n) is 6.02. The summed E-state index contributed by atoms with van der Waals surface area (Å²) in [5.41, 5.74) is 0. The second kappa shape index (κ2) is 9.05. The number of rotatable bonds is 9. The number of unbranched alkanes of at least 4 members (excludes halogenated alkanes) is 1. The highest BCUT2D eigenvalue weighted by Crippen LogP contribution is 2.26. The molecule has 1 unspecified atom stereocenters. The minimum atomic E-state index is 0.0182. The Balaban J connectivity index is 1.68. The fourth-order valence-corrected chi connectivity index (χ4v) is 3.50. The number of carbonyl (C=O) groups is 1. The maximum atomic E-state index is 11.9. The number of hydrogen-bond acceptors (Lipinski definition) is 6. The first-order chi connectivity index (χ1) is 12.3. The van der Waals surface area contributed by atoms with Crippen LogP contribution in [0.15, 0.2) is 28.0 Å². The van der Waals surface area contributed by atoms with Crippen LogP contribution in [0.1, 0.15) is 32.6 Å². The van der Waals surface area contributed by atoms with Crippen LogP contribution in [0.5, 0.6) is 0 Å². The van der Waals surface area contributed by atoms with Gasteiger partial charge in [0, 0.05) is 13.2 Å². The molecule has 2 aromatic heterocycles. The van der Waals surface area contributed by atoms with Gasteiger partial charge >= 0.3 is 0 Å². The molecule has 136 valence electrons. The Labute approximate surface area is 151 Å². The van der Waals surface area contributed by atoms with E-state index in [0.29, 0.717) is 29.0 Å². The maximum Gasteiger partial charge on any atom is 0.230 e. The number of amides is 1. The number of carbonyl (C=O) groups excluding carboxylic acids is 1. The largest absolute Gasteiger partial charge is 0.461 e. The summed E-state index contributed by atoms with van der Waals surface area (Å²) in [7, 11) is 0. The van der Waals surface area contributed by atoms with Gasteiger partial charge in [-0.25, -0.2) is 0 Å². The Morgan fingerprint density at radius 3 is 3.12 bits per heavy atom. The van der Waals surface area contributed by atoms with Crippen molar-refractivity contribution < 1.29 is 13.9 Å². The summed E-state index contributed by atoms with van der Waals surface area (Å²) in [5, 5.41) is 12.2. The Kier molecular flexibility index (Phi) is 6.52. The van der Waals surface area contributed by atoms with Crippen LogP contribution in [-0.2, 0) is 16.1 Å². The minimum Gasteiger partial charge on any atom is -0.461 e. The van der Waals surface area contributed by atoms with Crippen LogP contribution in [0.4, 0.5) is 0 Å². The van der Waals surface area contributed by atoms with Gasteiger partial charge in [-0.1, -0.05) is 25.1 Å². The fourth-order valence-electron chi connectivity index (χ4n) is 2.73. The van der Waals surface area contributed by atoms with Crippen molar-refractivity contribution in [3.63, 3.8) is 0 Å². The lowest BCUT2D eigenvalue weighted by molar-refractivity contribution is -0.118. The standard InChI is InChI=1S/C17H24N4O3S/c1-2-3-8-18-15(22)12-25-17-20-19-16(14-7-5-10-24-14)21(17)11-13-6-4-9-23-13/h5,7,10,13H,2-4,6,8-9,11-12H2,1H3,(H,18,22). The lowest BCUT2D eigenvalue weighted by Gasteiger charge is -2.13. The smallest absolute Gasteiger partial charge is 0.230 e. The zero-order valence-corrected chi connectivity index (χ0v) is 15.3. The quantitative estimate of drug-likeness (QED) is 0.544. The van der Waals surface area contributed by atoms with Crippen LogP contribution in [0.2, 0.25) is 0 Å². The Morgan fingerprint density at radius 1 is 1.48 bits per heavy atom. The number of thioether (sulfide) groups is 1. The molecule has 0 aliphatic carbocycles. The summed E-state index contributed by atoms with van der Waals surface area (Å²) < 4.78 is 13.2. The molecule has 1 atom stereocenters. The Bertz CT molecular complexity index is 665. The van der Waals surface area contributed by atoms with E-state index in [1.807, 2.05) is 16.7 Å². The number of nitrogens with one attached hydrogen (secondary N) is 1. The van der Waals surface area contributed by atoms with E-state index in [1.165, 1.54) is 11.8 Å². The molecule has 0 radical (unpaired) electrons. The van der Waals surface area contributed by atoms with Gasteiger partial charge in [0.15, 0.2) is 10.9 Å². The fraction of sp³-hybridized carbons (Fsp3) is 0.588. The number of aromatic nitrogens is 3. The molecule has 25 heavy (non-hydrogen) atoms. The van der Waals surface area contributed by atoms with Crippen molar-refractivity contribution >= 4 is 17.7 Å². The predicted molar refractivity (Wildman–Crippen MR) is 95.3 cm³/mol. The third-order valence-corrected chi connectivity index (χ3v) is 5.02. The van der Waals surface area contributed by atoms with E-state index in [4.69, 9.17) is 9.15 Å². The first-order valence-corrected chi connectivity index (χ1v) is 9.74. The minimum absolute atomic E-state index is 0.0182. The predicted octanol–water partition coefficient (Wildman–Crippen LogP) is 2.73. The summed E-state index contributed by atoms with van der Waals surface area (Å²) >= 11 is 1.39. The van der Waals surface area contributed by atoms with Crippen LogP contribution in [0, 0.1) is 0 Å². The van der Waals surface area contributed by atoms with E-state index in [1.54, 1.807) is 6.26 Å². The molecule has 1 aliphatic heterocycles. The number of furan rings is 1. The molecule has 1 N–H and O–H groups in total. The van der Waals surface area contributed by atoms with E-state index in [2.05, 4.69) is 22.4 Å². The van der Waals surface area contributed by atoms with Gasteiger partial charge in [0.1, 0.15) is 0 Å². The van der Waals surface area contributed by atoms with Crippen molar-refractivity contribution in [3.05, 3.63) is 18.4 Å². The second-order valence-corrected chi connectivity index (χ2v) is 6.96. The molecule has 8 heteroatoms. The average molecular weight is 364 g/mol. The Hall–Kier alpha value is -1.80. The molecule has 0 saturated carbocycles. The van der Waals surface area contributed by atoms with Crippen molar-refractivity contribution in [1.29, 1.82) is 0 Å². The SMILES string of the molecule is CCCCNC(=O)CSc1nnc(-c2ccco2)n1CC1CCCO1. The Morgan fingerprint density at radius 2 is 2.40 bits per heavy atom. The zero-order valence-electron chi connectivity index (χ0n) is 14.4. The van der Waals surface area contributed by atoms with Crippen LogP contribution < -0.4 is 5.32 Å². The van der Waals surface area contributed by atoms with Crippen molar-refractivity contribution in [1.82, 2.24) is 20.1 Å². The monoisotopic (exact) mass is 364 g/mol. The topological polar surface area (TPSA) is 82.2 Å². The molecule has 0 spiro atoms. The third-order valence-electron chi connectivity index (χ3n) is 4.05. The van der Waals surface area contributed by atoms with Crippen molar-refractivity contribution in [2.75, 3.05) is 18.9 Å². The highest BCUT2D eigenvalue weighted by Gasteiger charge is 2.23. The summed E-state index contributed by atoms with van der Waals surface area (Å²) in [6.07, 6.45) is 5.93. The van der Waals surface area contributed by atoms with Crippen LogP contribution in [-0.4, -0.2) is 45.7 Å². The molecule has 0 bridgehead atoms. The van der Waals surface area contributed by atoms with Crippen LogP contribution in [0.25, 0.3) is 11.6 Å². The molecule has 2 aromatic rings. The summed E-state index contributed by atoms with van der Waals surface area (Å²) in [6.45, 7) is 4.29. The van der Waals surface area contributed by atoms with E-state index in [-0.39, 0.29) is 12.0 Å². The molecule has 1 amide bonds. The first-order valence-electron chi connectivity index (χ1n) is 8.76. The molecular weight excluding hydrogens is 340 g/mol. The van der Waals surface area contributed by atoms with Gasteiger partial charge in [-0.2, -0.15) is 0 Å². The number of hydrogen-bond donors (Lipinski definition) is 1. The van der Waals surface area contributed by atoms with Crippen molar-refractivity contribution in [2.45, 2.75) is 50.4 Å². The van der Waals surface area contributed by atoms with Crippen molar-refractivity contribution in [3.8, 4) is 11.6 Å². The van der Waals surface area contributed by atoms with Gasteiger partial charge in [-0.15, -0.1) is 10.2 Å². The van der Waals surface area contributed by atoms with Gasteiger partial charge in [-0.3, -0.25) is 9.36 Å². The molecule has 1 saturated heterocycles. The highest BCUT2D eigenvalue weighted by atomic mass is 32.2. The molecule has 0 aromatic carbocycles. The van der Waals surface area contributed by atoms with Crippen LogP contribution >= 0.6 is 11.8 Å². The maximum absolute atomic E-state index is 11.9. The molecule has 1 fully saturated rings.